The maximum Gasteiger partial charge on any atom is 0.245 e. The summed E-state index contributed by atoms with van der Waals surface area (Å²) in [6.07, 6.45) is 2.58. The molecule has 0 bridgehead atoms. The van der Waals surface area contributed by atoms with E-state index < -0.39 is 22.0 Å². The maximum atomic E-state index is 13.4. The molecule has 3 aromatic rings. The van der Waals surface area contributed by atoms with Crippen molar-refractivity contribution in [2.75, 3.05) is 11.9 Å². The first-order valence-corrected chi connectivity index (χ1v) is 11.2. The molecule has 1 aliphatic heterocycles. The van der Waals surface area contributed by atoms with E-state index in [0.29, 0.717) is 34.1 Å². The van der Waals surface area contributed by atoms with Crippen molar-refractivity contribution in [3.8, 4) is 0 Å². The van der Waals surface area contributed by atoms with Crippen molar-refractivity contribution in [2.45, 2.75) is 23.8 Å². The molecule has 1 unspecified atom stereocenters. The van der Waals surface area contributed by atoms with E-state index in [9.17, 15) is 13.2 Å². The first-order chi connectivity index (χ1) is 13.9. The summed E-state index contributed by atoms with van der Waals surface area (Å²) in [5.41, 5.74) is 0.853. The van der Waals surface area contributed by atoms with Crippen molar-refractivity contribution in [1.29, 1.82) is 0 Å². The van der Waals surface area contributed by atoms with Crippen LogP contribution >= 0.6 is 23.2 Å². The second-order valence-electron chi connectivity index (χ2n) is 6.72. The van der Waals surface area contributed by atoms with Crippen LogP contribution in [-0.2, 0) is 14.8 Å². The number of hydrogen-bond donors (Lipinski definition) is 1. The molecular weight excluding hydrogens is 433 g/mol. The summed E-state index contributed by atoms with van der Waals surface area (Å²) < 4.78 is 28.0. The molecule has 1 amide bonds. The lowest BCUT2D eigenvalue weighted by Crippen LogP contribution is -2.43. The number of para-hydroxylation sites is 1. The highest BCUT2D eigenvalue weighted by molar-refractivity contribution is 7.89. The van der Waals surface area contributed by atoms with Gasteiger partial charge in [0.25, 0.3) is 0 Å². The van der Waals surface area contributed by atoms with E-state index in [4.69, 9.17) is 23.2 Å². The number of benzene rings is 2. The largest absolute Gasteiger partial charge is 0.325 e. The normalized spacial score (nSPS) is 17.5. The number of fused-ring (bicyclic) bond motifs is 1. The Labute approximate surface area is 178 Å². The summed E-state index contributed by atoms with van der Waals surface area (Å²) in [5, 5.41) is 4.15. The molecule has 1 aromatic heterocycles. The number of nitrogens with one attached hydrogen (secondary N) is 1. The van der Waals surface area contributed by atoms with Crippen molar-refractivity contribution >= 4 is 55.7 Å². The van der Waals surface area contributed by atoms with Gasteiger partial charge in [0, 0.05) is 23.8 Å². The van der Waals surface area contributed by atoms with Gasteiger partial charge in [-0.15, -0.1) is 0 Å². The highest BCUT2D eigenvalue weighted by Gasteiger charge is 2.40. The van der Waals surface area contributed by atoms with Gasteiger partial charge in [-0.05, 0) is 43.2 Å². The minimum Gasteiger partial charge on any atom is -0.325 e. The standard InChI is InChI=1S/C20H17Cl2N3O3S/c21-15-9-8-14(12-16(15)22)24-20(26)17-6-3-11-25(17)29(27,28)18-7-1-4-13-5-2-10-23-19(13)18/h1-2,4-5,7-10,12,17H,3,6,11H2,(H,24,26). The Morgan fingerprint density at radius 3 is 2.69 bits per heavy atom. The number of halogens is 2. The number of carbonyl (C=O) groups is 1. The molecule has 29 heavy (non-hydrogen) atoms. The highest BCUT2D eigenvalue weighted by atomic mass is 35.5. The van der Waals surface area contributed by atoms with E-state index in [1.165, 1.54) is 16.4 Å². The molecule has 1 N–H and O–H groups in total. The van der Waals surface area contributed by atoms with Crippen molar-refractivity contribution in [3.05, 3.63) is 64.8 Å². The molecule has 0 spiro atoms. The SMILES string of the molecule is O=C(Nc1ccc(Cl)c(Cl)c1)C1CCCN1S(=O)(=O)c1cccc2cccnc12. The van der Waals surface area contributed by atoms with Crippen LogP contribution in [0, 0.1) is 0 Å². The predicted molar refractivity (Wildman–Crippen MR) is 114 cm³/mol. The van der Waals surface area contributed by atoms with Crippen molar-refractivity contribution in [3.63, 3.8) is 0 Å². The summed E-state index contributed by atoms with van der Waals surface area (Å²) in [4.78, 5) is 17.2. The fraction of sp³-hybridized carbons (Fsp3) is 0.200. The monoisotopic (exact) mass is 449 g/mol. The van der Waals surface area contributed by atoms with E-state index in [1.54, 1.807) is 42.6 Å². The molecule has 1 aliphatic rings. The fourth-order valence-corrected chi connectivity index (χ4v) is 5.62. The van der Waals surface area contributed by atoms with Gasteiger partial charge in [-0.25, -0.2) is 8.42 Å². The smallest absolute Gasteiger partial charge is 0.245 e. The summed E-state index contributed by atoms with van der Waals surface area (Å²) in [7, 11) is -3.90. The Balaban J connectivity index is 1.64. The third kappa shape index (κ3) is 3.83. The zero-order chi connectivity index (χ0) is 20.6. The van der Waals surface area contributed by atoms with Crippen LogP contribution in [0.25, 0.3) is 10.9 Å². The molecular formula is C20H17Cl2N3O3S. The van der Waals surface area contributed by atoms with Crippen LogP contribution in [-0.4, -0.2) is 36.2 Å². The first kappa shape index (κ1) is 20.1. The van der Waals surface area contributed by atoms with E-state index in [0.717, 1.165) is 5.39 Å². The zero-order valence-electron chi connectivity index (χ0n) is 15.2. The topological polar surface area (TPSA) is 79.4 Å². The summed E-state index contributed by atoms with van der Waals surface area (Å²) in [5.74, 6) is -0.405. The third-order valence-corrected chi connectivity index (χ3v) is 7.55. The Hall–Kier alpha value is -2.19. The molecule has 0 saturated carbocycles. The molecule has 6 nitrogen and oxygen atoms in total. The van der Waals surface area contributed by atoms with Gasteiger partial charge in [0.05, 0.1) is 15.6 Å². The Bertz CT molecular complexity index is 1200. The van der Waals surface area contributed by atoms with E-state index >= 15 is 0 Å². The maximum absolute atomic E-state index is 13.4. The summed E-state index contributed by atoms with van der Waals surface area (Å²) >= 11 is 11.9. The Kier molecular flexibility index (Phi) is 5.48. The lowest BCUT2D eigenvalue weighted by Gasteiger charge is -2.24. The number of sulfonamides is 1. The molecule has 2 aromatic carbocycles. The zero-order valence-corrected chi connectivity index (χ0v) is 17.5. The number of rotatable bonds is 4. The number of nitrogens with zero attached hydrogens (tertiary/aromatic N) is 2. The van der Waals surface area contributed by atoms with Crippen LogP contribution in [0.5, 0.6) is 0 Å². The van der Waals surface area contributed by atoms with E-state index in [2.05, 4.69) is 10.3 Å². The van der Waals surface area contributed by atoms with Crippen LogP contribution in [0.1, 0.15) is 12.8 Å². The number of aromatic nitrogens is 1. The summed E-state index contributed by atoms with van der Waals surface area (Å²) in [6.45, 7) is 0.269. The number of amides is 1. The van der Waals surface area contributed by atoms with Gasteiger partial charge in [0.1, 0.15) is 10.9 Å². The molecule has 4 rings (SSSR count). The van der Waals surface area contributed by atoms with Crippen molar-refractivity contribution in [1.82, 2.24) is 9.29 Å². The second-order valence-corrected chi connectivity index (χ2v) is 9.40. The lowest BCUT2D eigenvalue weighted by atomic mass is 10.2. The van der Waals surface area contributed by atoms with Gasteiger partial charge in [-0.3, -0.25) is 9.78 Å². The van der Waals surface area contributed by atoms with Crippen molar-refractivity contribution < 1.29 is 13.2 Å². The van der Waals surface area contributed by atoms with Gasteiger partial charge in [-0.1, -0.05) is 41.4 Å². The number of hydrogen-bond acceptors (Lipinski definition) is 4. The summed E-state index contributed by atoms with van der Waals surface area (Å²) in [6, 6.07) is 12.5. The molecule has 2 heterocycles. The predicted octanol–water partition coefficient (Wildman–Crippen LogP) is 4.33. The van der Waals surface area contributed by atoms with Gasteiger partial charge in [-0.2, -0.15) is 4.31 Å². The van der Waals surface area contributed by atoms with Crippen LogP contribution in [0.15, 0.2) is 59.6 Å². The highest BCUT2D eigenvalue weighted by Crippen LogP contribution is 2.31. The fourth-order valence-electron chi connectivity index (χ4n) is 3.50. The van der Waals surface area contributed by atoms with Crippen LogP contribution in [0.4, 0.5) is 5.69 Å². The quantitative estimate of drug-likeness (QED) is 0.642. The third-order valence-electron chi connectivity index (χ3n) is 4.88. The van der Waals surface area contributed by atoms with Crippen LogP contribution < -0.4 is 5.32 Å². The second kappa shape index (κ2) is 7.91. The average Bonchev–Trinajstić information content (AvgIpc) is 3.21. The minimum atomic E-state index is -3.90. The average molecular weight is 450 g/mol. The van der Waals surface area contributed by atoms with Gasteiger partial charge >= 0.3 is 0 Å². The number of carbonyl (C=O) groups excluding carboxylic acids is 1. The van der Waals surface area contributed by atoms with Gasteiger partial charge in [0.15, 0.2) is 0 Å². The Morgan fingerprint density at radius 1 is 1.10 bits per heavy atom. The van der Waals surface area contributed by atoms with Crippen LogP contribution in [0.2, 0.25) is 10.0 Å². The molecule has 1 fully saturated rings. The molecule has 1 saturated heterocycles. The van der Waals surface area contributed by atoms with Gasteiger partial charge in [0.2, 0.25) is 15.9 Å². The molecule has 0 radical (unpaired) electrons. The van der Waals surface area contributed by atoms with Crippen LogP contribution in [0.3, 0.4) is 0 Å². The minimum absolute atomic E-state index is 0.102. The molecule has 9 heteroatoms. The molecule has 0 aliphatic carbocycles. The van der Waals surface area contributed by atoms with E-state index in [-0.39, 0.29) is 11.4 Å². The lowest BCUT2D eigenvalue weighted by molar-refractivity contribution is -0.119. The van der Waals surface area contributed by atoms with E-state index in [1.807, 2.05) is 0 Å². The number of pyridine rings is 1. The number of anilines is 1. The molecule has 150 valence electrons. The van der Waals surface area contributed by atoms with Crippen molar-refractivity contribution in [2.24, 2.45) is 0 Å². The first-order valence-electron chi connectivity index (χ1n) is 8.99. The van der Waals surface area contributed by atoms with Gasteiger partial charge < -0.3 is 5.32 Å². The Morgan fingerprint density at radius 2 is 1.90 bits per heavy atom. The molecule has 1 atom stereocenters.